The minimum absolute atomic E-state index is 0.0617. The fraction of sp³-hybridized carbons (Fsp3) is 0.529. The van der Waals surface area contributed by atoms with Crippen LogP contribution in [-0.4, -0.2) is 35.6 Å². The Balaban J connectivity index is 1.49. The van der Waals surface area contributed by atoms with E-state index in [1.54, 1.807) is 11.8 Å². The number of primary amides is 1. The predicted molar refractivity (Wildman–Crippen MR) is 87.7 cm³/mol. The van der Waals surface area contributed by atoms with Gasteiger partial charge in [0, 0.05) is 23.9 Å². The molecule has 1 aliphatic heterocycles. The van der Waals surface area contributed by atoms with Crippen molar-refractivity contribution in [2.45, 2.75) is 37.0 Å². The summed E-state index contributed by atoms with van der Waals surface area (Å²) in [5.74, 6) is 0.335. The molecule has 2 N–H and O–H groups in total. The van der Waals surface area contributed by atoms with Crippen LogP contribution in [0.2, 0.25) is 0 Å². The highest BCUT2D eigenvalue weighted by molar-refractivity contribution is 8.00. The van der Waals surface area contributed by atoms with Crippen LogP contribution >= 0.6 is 11.8 Å². The standard InChI is InChI=1S/C17H22N2O2S/c18-17(21)13-6-8-19(9-7-13)16(20)11-22-15-5-4-12-2-1-3-14(12)10-15/h4-5,10,13H,1-3,6-9,11H2,(H2,18,21). The van der Waals surface area contributed by atoms with Crippen molar-refractivity contribution in [3.63, 3.8) is 0 Å². The summed E-state index contributed by atoms with van der Waals surface area (Å²) in [4.78, 5) is 26.5. The zero-order valence-corrected chi connectivity index (χ0v) is 13.5. The lowest BCUT2D eigenvalue weighted by Gasteiger charge is -2.30. The summed E-state index contributed by atoms with van der Waals surface area (Å²) in [6, 6.07) is 6.56. The van der Waals surface area contributed by atoms with E-state index < -0.39 is 0 Å². The average molecular weight is 318 g/mol. The molecule has 4 nitrogen and oxygen atoms in total. The smallest absolute Gasteiger partial charge is 0.232 e. The third-order valence-corrected chi connectivity index (χ3v) is 5.66. The lowest BCUT2D eigenvalue weighted by Crippen LogP contribution is -2.42. The topological polar surface area (TPSA) is 63.4 Å². The molecule has 0 spiro atoms. The zero-order chi connectivity index (χ0) is 15.5. The van der Waals surface area contributed by atoms with Crippen LogP contribution in [0.5, 0.6) is 0 Å². The number of rotatable bonds is 4. The highest BCUT2D eigenvalue weighted by atomic mass is 32.2. The van der Waals surface area contributed by atoms with Crippen LogP contribution in [-0.2, 0) is 22.4 Å². The third-order valence-electron chi connectivity index (χ3n) is 4.68. The fourth-order valence-electron chi connectivity index (χ4n) is 3.29. The molecular weight excluding hydrogens is 296 g/mol. The number of hydrogen-bond acceptors (Lipinski definition) is 3. The van der Waals surface area contributed by atoms with E-state index in [1.807, 2.05) is 4.90 Å². The summed E-state index contributed by atoms with van der Waals surface area (Å²) in [5, 5.41) is 0. The highest BCUT2D eigenvalue weighted by Crippen LogP contribution is 2.28. The molecule has 118 valence electrons. The predicted octanol–water partition coefficient (Wildman–Crippen LogP) is 1.99. The Bertz CT molecular complexity index is 580. The minimum atomic E-state index is -0.236. The molecule has 0 aromatic heterocycles. The van der Waals surface area contributed by atoms with Crippen molar-refractivity contribution in [1.29, 1.82) is 0 Å². The van der Waals surface area contributed by atoms with Crippen LogP contribution < -0.4 is 5.73 Å². The van der Waals surface area contributed by atoms with Crippen LogP contribution in [0.25, 0.3) is 0 Å². The van der Waals surface area contributed by atoms with E-state index in [2.05, 4.69) is 18.2 Å². The number of nitrogens with zero attached hydrogens (tertiary/aromatic N) is 1. The second-order valence-electron chi connectivity index (χ2n) is 6.13. The summed E-state index contributed by atoms with van der Waals surface area (Å²) < 4.78 is 0. The molecule has 1 aliphatic carbocycles. The second kappa shape index (κ2) is 6.73. The molecule has 2 aliphatic rings. The molecule has 0 radical (unpaired) electrons. The van der Waals surface area contributed by atoms with E-state index in [-0.39, 0.29) is 17.7 Å². The summed E-state index contributed by atoms with van der Waals surface area (Å²) >= 11 is 1.61. The monoisotopic (exact) mass is 318 g/mol. The fourth-order valence-corrected chi connectivity index (χ4v) is 4.15. The van der Waals surface area contributed by atoms with Gasteiger partial charge < -0.3 is 10.6 Å². The van der Waals surface area contributed by atoms with Gasteiger partial charge >= 0.3 is 0 Å². The van der Waals surface area contributed by atoms with E-state index in [1.165, 1.54) is 28.9 Å². The molecule has 0 bridgehead atoms. The van der Waals surface area contributed by atoms with Crippen LogP contribution in [0.15, 0.2) is 23.1 Å². The number of hydrogen-bond donors (Lipinski definition) is 1. The van der Waals surface area contributed by atoms with Crippen molar-refractivity contribution in [2.75, 3.05) is 18.8 Å². The van der Waals surface area contributed by atoms with Crippen molar-refractivity contribution in [2.24, 2.45) is 11.7 Å². The number of benzene rings is 1. The maximum absolute atomic E-state index is 12.3. The Morgan fingerprint density at radius 2 is 1.91 bits per heavy atom. The van der Waals surface area contributed by atoms with Crippen LogP contribution in [0.3, 0.4) is 0 Å². The number of piperidine rings is 1. The van der Waals surface area contributed by atoms with E-state index in [4.69, 9.17) is 5.73 Å². The van der Waals surface area contributed by atoms with Gasteiger partial charge in [0.25, 0.3) is 0 Å². The van der Waals surface area contributed by atoms with Crippen LogP contribution in [0.1, 0.15) is 30.4 Å². The number of nitrogens with two attached hydrogens (primary N) is 1. The molecule has 0 saturated carbocycles. The first-order valence-electron chi connectivity index (χ1n) is 7.95. The van der Waals surface area contributed by atoms with Crippen molar-refractivity contribution >= 4 is 23.6 Å². The van der Waals surface area contributed by atoms with Crippen molar-refractivity contribution in [3.05, 3.63) is 29.3 Å². The van der Waals surface area contributed by atoms with Gasteiger partial charge in [-0.1, -0.05) is 6.07 Å². The molecule has 1 fully saturated rings. The second-order valence-corrected chi connectivity index (χ2v) is 7.18. The van der Waals surface area contributed by atoms with Crippen LogP contribution in [0, 0.1) is 5.92 Å². The SMILES string of the molecule is NC(=O)C1CCN(C(=O)CSc2ccc3c(c2)CCC3)CC1. The first kappa shape index (κ1) is 15.4. The Kier molecular flexibility index (Phi) is 4.71. The highest BCUT2D eigenvalue weighted by Gasteiger charge is 2.25. The lowest BCUT2D eigenvalue weighted by molar-refractivity contribution is -0.132. The van der Waals surface area contributed by atoms with E-state index in [0.717, 1.165) is 6.42 Å². The number of amides is 2. The van der Waals surface area contributed by atoms with Crippen molar-refractivity contribution < 1.29 is 9.59 Å². The van der Waals surface area contributed by atoms with E-state index in [9.17, 15) is 9.59 Å². The number of carbonyl (C=O) groups excluding carboxylic acids is 2. The normalized spacial score (nSPS) is 18.3. The Morgan fingerprint density at radius 1 is 1.18 bits per heavy atom. The number of aryl methyl sites for hydroxylation is 2. The number of likely N-dealkylation sites (tertiary alicyclic amines) is 1. The number of fused-ring (bicyclic) bond motifs is 1. The Morgan fingerprint density at radius 3 is 2.64 bits per heavy atom. The van der Waals surface area contributed by atoms with Gasteiger partial charge in [-0.3, -0.25) is 9.59 Å². The Labute approximate surface area is 135 Å². The molecule has 1 heterocycles. The van der Waals surface area contributed by atoms with Gasteiger partial charge in [-0.05, 0) is 55.4 Å². The van der Waals surface area contributed by atoms with Crippen molar-refractivity contribution in [1.82, 2.24) is 4.90 Å². The summed E-state index contributed by atoms with van der Waals surface area (Å²) in [7, 11) is 0. The van der Waals surface area contributed by atoms with Gasteiger partial charge in [0.15, 0.2) is 0 Å². The van der Waals surface area contributed by atoms with E-state index >= 15 is 0 Å². The quantitative estimate of drug-likeness (QED) is 0.864. The molecule has 3 rings (SSSR count). The van der Waals surface area contributed by atoms with Gasteiger partial charge in [-0.2, -0.15) is 0 Å². The first-order chi connectivity index (χ1) is 10.6. The van der Waals surface area contributed by atoms with Gasteiger partial charge in [0.1, 0.15) is 0 Å². The summed E-state index contributed by atoms with van der Waals surface area (Å²) in [6.45, 7) is 1.30. The third kappa shape index (κ3) is 3.46. The largest absolute Gasteiger partial charge is 0.369 e. The zero-order valence-electron chi connectivity index (χ0n) is 12.7. The Hall–Kier alpha value is -1.49. The molecular formula is C17H22N2O2S. The van der Waals surface area contributed by atoms with Gasteiger partial charge in [-0.15, -0.1) is 11.8 Å². The maximum Gasteiger partial charge on any atom is 0.232 e. The maximum atomic E-state index is 12.3. The van der Waals surface area contributed by atoms with Gasteiger partial charge in [-0.25, -0.2) is 0 Å². The molecule has 1 saturated heterocycles. The van der Waals surface area contributed by atoms with Crippen LogP contribution in [0.4, 0.5) is 0 Å². The molecule has 2 amide bonds. The molecule has 1 aromatic carbocycles. The summed E-state index contributed by atoms with van der Waals surface area (Å²) in [5.41, 5.74) is 8.23. The molecule has 0 unspecified atom stereocenters. The van der Waals surface area contributed by atoms with E-state index in [0.29, 0.717) is 31.7 Å². The minimum Gasteiger partial charge on any atom is -0.369 e. The number of carbonyl (C=O) groups is 2. The molecule has 22 heavy (non-hydrogen) atoms. The van der Waals surface area contributed by atoms with Gasteiger partial charge in [0.2, 0.25) is 11.8 Å². The van der Waals surface area contributed by atoms with Crippen molar-refractivity contribution in [3.8, 4) is 0 Å². The average Bonchev–Trinajstić information content (AvgIpc) is 3.00. The first-order valence-corrected chi connectivity index (χ1v) is 8.94. The molecule has 5 heteroatoms. The molecule has 1 aromatic rings. The lowest BCUT2D eigenvalue weighted by atomic mass is 9.96. The number of thioether (sulfide) groups is 1. The summed E-state index contributed by atoms with van der Waals surface area (Å²) in [6.07, 6.45) is 5.00. The molecule has 0 atom stereocenters. The van der Waals surface area contributed by atoms with Gasteiger partial charge in [0.05, 0.1) is 5.75 Å².